The van der Waals surface area contributed by atoms with Gasteiger partial charge in [0, 0.05) is 19.7 Å². The number of ether oxygens (including phenoxy) is 1. The van der Waals surface area contributed by atoms with Crippen molar-refractivity contribution >= 4 is 11.7 Å². The number of hydrogen-bond donors (Lipinski definition) is 2. The number of aromatic nitrogens is 2. The minimum Gasteiger partial charge on any atom is -0.406 e. The number of nitrogens with zero attached hydrogens (tertiary/aromatic N) is 2. The van der Waals surface area contributed by atoms with E-state index < -0.39 is 11.6 Å². The van der Waals surface area contributed by atoms with Crippen LogP contribution in [0.4, 0.5) is 20.5 Å². The Labute approximate surface area is 120 Å². The molecule has 21 heavy (non-hydrogen) atoms. The van der Waals surface area contributed by atoms with Crippen molar-refractivity contribution in [3.63, 3.8) is 0 Å². The first-order valence-corrected chi connectivity index (χ1v) is 6.35. The molecule has 2 aromatic rings. The van der Waals surface area contributed by atoms with Gasteiger partial charge in [0.05, 0.1) is 18.8 Å². The van der Waals surface area contributed by atoms with Crippen LogP contribution in [0.2, 0.25) is 0 Å². The number of methoxy groups -OCH3 is 1. The number of aryl methyl sites for hydroxylation is 1. The summed E-state index contributed by atoms with van der Waals surface area (Å²) < 4.78 is 37.2. The molecule has 1 aromatic carbocycles. The second-order valence-electron chi connectivity index (χ2n) is 4.38. The smallest absolute Gasteiger partial charge is 0.320 e. The molecule has 1 aromatic heterocycles. The summed E-state index contributed by atoms with van der Waals surface area (Å²) in [5, 5.41) is 13.1. The highest BCUT2D eigenvalue weighted by molar-refractivity contribution is 5.53. The summed E-state index contributed by atoms with van der Waals surface area (Å²) in [5.41, 5.74) is 0.173. The molecule has 0 fully saturated rings. The summed E-state index contributed by atoms with van der Waals surface area (Å²) in [7, 11) is 1.60. The summed E-state index contributed by atoms with van der Waals surface area (Å²) in [5.74, 6) is -0.770. The van der Waals surface area contributed by atoms with Crippen LogP contribution < -0.4 is 10.6 Å². The Bertz CT molecular complexity index is 604. The average Bonchev–Trinajstić information content (AvgIpc) is 2.89. The van der Waals surface area contributed by atoms with E-state index in [0.29, 0.717) is 25.6 Å². The molecule has 0 aliphatic carbocycles. The zero-order chi connectivity index (χ0) is 15.2. The van der Waals surface area contributed by atoms with E-state index >= 15 is 0 Å². The van der Waals surface area contributed by atoms with Crippen molar-refractivity contribution < 1.29 is 17.9 Å². The Balaban J connectivity index is 1.97. The van der Waals surface area contributed by atoms with Crippen LogP contribution >= 0.6 is 0 Å². The molecule has 0 radical (unpaired) electrons. The van der Waals surface area contributed by atoms with Crippen LogP contribution in [0.3, 0.4) is 0 Å². The maximum atomic E-state index is 13.7. The van der Waals surface area contributed by atoms with Gasteiger partial charge in [0.15, 0.2) is 0 Å². The van der Waals surface area contributed by atoms with Crippen molar-refractivity contribution in [3.05, 3.63) is 35.2 Å². The quantitative estimate of drug-likeness (QED) is 0.763. The molecule has 0 atom stereocenters. The van der Waals surface area contributed by atoms with Gasteiger partial charge >= 0.3 is 6.01 Å². The van der Waals surface area contributed by atoms with Crippen LogP contribution in [0, 0.1) is 18.6 Å². The molecule has 0 aliphatic rings. The first kappa shape index (κ1) is 15.3. The molecular weight excluding hydrogens is 282 g/mol. The van der Waals surface area contributed by atoms with Gasteiger partial charge in [-0.2, -0.15) is 0 Å². The minimum absolute atomic E-state index is 0.000643. The summed E-state index contributed by atoms with van der Waals surface area (Å²) in [4.78, 5) is 0. The zero-order valence-electron chi connectivity index (χ0n) is 11.7. The average molecular weight is 298 g/mol. The van der Waals surface area contributed by atoms with E-state index in [0.717, 1.165) is 12.1 Å². The molecule has 1 heterocycles. The summed E-state index contributed by atoms with van der Waals surface area (Å²) in [6.07, 6.45) is 0. The van der Waals surface area contributed by atoms with Gasteiger partial charge in [0.2, 0.25) is 5.89 Å². The lowest BCUT2D eigenvalue weighted by atomic mass is 10.2. The lowest BCUT2D eigenvalue weighted by Crippen LogP contribution is -2.18. The largest absolute Gasteiger partial charge is 0.406 e. The Morgan fingerprint density at radius 2 is 2.05 bits per heavy atom. The van der Waals surface area contributed by atoms with Gasteiger partial charge in [-0.3, -0.25) is 0 Å². The monoisotopic (exact) mass is 298 g/mol. The lowest BCUT2D eigenvalue weighted by molar-refractivity contribution is 0.198. The Kier molecular flexibility index (Phi) is 5.18. The normalized spacial score (nSPS) is 10.9. The molecule has 8 heteroatoms. The van der Waals surface area contributed by atoms with Crippen LogP contribution in [0.25, 0.3) is 0 Å². The molecule has 2 N–H and O–H groups in total. The van der Waals surface area contributed by atoms with Crippen molar-refractivity contribution in [2.45, 2.75) is 13.5 Å². The third-order valence-corrected chi connectivity index (χ3v) is 2.72. The van der Waals surface area contributed by atoms with Crippen LogP contribution in [-0.2, 0) is 11.3 Å². The van der Waals surface area contributed by atoms with Crippen molar-refractivity contribution in [2.24, 2.45) is 0 Å². The molecule has 0 bridgehead atoms. The van der Waals surface area contributed by atoms with Gasteiger partial charge in [-0.1, -0.05) is 5.10 Å². The summed E-state index contributed by atoms with van der Waals surface area (Å²) >= 11 is 0. The molecule has 114 valence electrons. The van der Waals surface area contributed by atoms with Gasteiger partial charge in [-0.25, -0.2) is 8.78 Å². The molecule has 0 saturated heterocycles. The highest BCUT2D eigenvalue weighted by Crippen LogP contribution is 2.22. The van der Waals surface area contributed by atoms with Gasteiger partial charge < -0.3 is 19.8 Å². The molecule has 0 amide bonds. The Morgan fingerprint density at radius 1 is 1.24 bits per heavy atom. The summed E-state index contributed by atoms with van der Waals surface area (Å²) in [6.45, 7) is 3.05. The van der Waals surface area contributed by atoms with Crippen LogP contribution in [0.1, 0.15) is 11.5 Å². The first-order chi connectivity index (χ1) is 10.1. The van der Waals surface area contributed by atoms with E-state index in [1.165, 1.54) is 6.92 Å². The van der Waals surface area contributed by atoms with Gasteiger partial charge in [-0.05, 0) is 18.6 Å². The first-order valence-electron chi connectivity index (χ1n) is 6.35. The zero-order valence-corrected chi connectivity index (χ0v) is 11.7. The van der Waals surface area contributed by atoms with E-state index in [4.69, 9.17) is 9.15 Å². The van der Waals surface area contributed by atoms with Gasteiger partial charge in [0.1, 0.15) is 11.6 Å². The molecular formula is C13H16F2N4O2. The van der Waals surface area contributed by atoms with E-state index in [-0.39, 0.29) is 17.3 Å². The fraction of sp³-hybridized carbons (Fsp3) is 0.385. The van der Waals surface area contributed by atoms with Crippen molar-refractivity contribution in [2.75, 3.05) is 25.6 Å². The fourth-order valence-electron chi connectivity index (χ4n) is 1.60. The highest BCUT2D eigenvalue weighted by atomic mass is 19.1. The van der Waals surface area contributed by atoms with Crippen molar-refractivity contribution in [3.8, 4) is 0 Å². The van der Waals surface area contributed by atoms with Crippen LogP contribution in [-0.4, -0.2) is 30.5 Å². The van der Waals surface area contributed by atoms with Crippen LogP contribution in [0.5, 0.6) is 0 Å². The van der Waals surface area contributed by atoms with Crippen LogP contribution in [0.15, 0.2) is 16.5 Å². The Morgan fingerprint density at radius 3 is 2.81 bits per heavy atom. The lowest BCUT2D eigenvalue weighted by Gasteiger charge is -2.05. The SMILES string of the molecule is COCCNCc1nnc(Nc2cc(F)c(C)cc2F)o1. The van der Waals surface area contributed by atoms with Gasteiger partial charge in [0.25, 0.3) is 0 Å². The Hall–Kier alpha value is -2.06. The predicted octanol–water partition coefficient (Wildman–Crippen LogP) is 2.14. The highest BCUT2D eigenvalue weighted by Gasteiger charge is 2.11. The maximum Gasteiger partial charge on any atom is 0.320 e. The molecule has 2 rings (SSSR count). The molecule has 0 aliphatic heterocycles. The number of hydrogen-bond acceptors (Lipinski definition) is 6. The second kappa shape index (κ2) is 7.09. The number of anilines is 2. The molecule has 6 nitrogen and oxygen atoms in total. The van der Waals surface area contributed by atoms with E-state index in [2.05, 4.69) is 20.8 Å². The number of halogens is 2. The van der Waals surface area contributed by atoms with Crippen molar-refractivity contribution in [1.29, 1.82) is 0 Å². The molecule has 0 saturated carbocycles. The summed E-state index contributed by atoms with van der Waals surface area (Å²) in [6, 6.07) is 2.15. The fourth-order valence-corrected chi connectivity index (χ4v) is 1.60. The number of rotatable bonds is 7. The minimum atomic E-state index is -0.591. The maximum absolute atomic E-state index is 13.7. The second-order valence-corrected chi connectivity index (χ2v) is 4.38. The van der Waals surface area contributed by atoms with E-state index in [1.54, 1.807) is 7.11 Å². The predicted molar refractivity (Wildman–Crippen MR) is 72.3 cm³/mol. The standard InChI is InChI=1S/C13H16F2N4O2/c1-8-5-10(15)11(6-9(8)14)17-13-19-18-12(21-13)7-16-3-4-20-2/h5-6,16H,3-4,7H2,1-2H3,(H,17,19). The number of nitrogens with one attached hydrogen (secondary N) is 2. The van der Waals surface area contributed by atoms with E-state index in [9.17, 15) is 8.78 Å². The molecule has 0 unspecified atom stereocenters. The third-order valence-electron chi connectivity index (χ3n) is 2.72. The topological polar surface area (TPSA) is 72.2 Å². The van der Waals surface area contributed by atoms with Crippen molar-refractivity contribution in [1.82, 2.24) is 15.5 Å². The number of benzene rings is 1. The van der Waals surface area contributed by atoms with E-state index in [1.807, 2.05) is 0 Å². The third kappa shape index (κ3) is 4.20. The molecule has 0 spiro atoms. The van der Waals surface area contributed by atoms with Gasteiger partial charge in [-0.15, -0.1) is 5.10 Å².